The van der Waals surface area contributed by atoms with E-state index >= 15 is 0 Å². The van der Waals surface area contributed by atoms with Crippen molar-refractivity contribution >= 4 is 27.6 Å². The van der Waals surface area contributed by atoms with Crippen LogP contribution in [0.25, 0.3) is 0 Å². The van der Waals surface area contributed by atoms with Crippen LogP contribution in [0.3, 0.4) is 0 Å². The zero-order chi connectivity index (χ0) is 21.4. The molecule has 0 aliphatic heterocycles. The highest BCUT2D eigenvalue weighted by Crippen LogP contribution is 2.16. The van der Waals surface area contributed by atoms with Gasteiger partial charge in [0.05, 0.1) is 18.1 Å². The van der Waals surface area contributed by atoms with Crippen molar-refractivity contribution < 1.29 is 27.1 Å². The lowest BCUT2D eigenvalue weighted by Gasteiger charge is -2.21. The van der Waals surface area contributed by atoms with E-state index in [1.807, 2.05) is 0 Å². The fraction of sp³-hybridized carbons (Fsp3) is 0.350. The molecule has 0 saturated carbocycles. The van der Waals surface area contributed by atoms with Crippen LogP contribution in [0.4, 0.5) is 4.39 Å². The normalized spacial score (nSPS) is 12.6. The third kappa shape index (κ3) is 7.30. The molecule has 158 valence electrons. The quantitative estimate of drug-likeness (QED) is 0.446. The molecule has 0 radical (unpaired) electrons. The van der Waals surface area contributed by atoms with E-state index in [9.17, 15) is 17.6 Å². The van der Waals surface area contributed by atoms with Gasteiger partial charge in [-0.15, -0.1) is 0 Å². The molecule has 0 saturated heterocycles. The van der Waals surface area contributed by atoms with Gasteiger partial charge in [0.25, 0.3) is 0 Å². The maximum absolute atomic E-state index is 12.8. The van der Waals surface area contributed by atoms with Crippen LogP contribution in [0.2, 0.25) is 5.02 Å². The van der Waals surface area contributed by atoms with E-state index in [2.05, 4.69) is 4.72 Å². The number of halogens is 2. The zero-order valence-corrected chi connectivity index (χ0v) is 17.7. The lowest BCUT2D eigenvalue weighted by Crippen LogP contribution is -2.45. The van der Waals surface area contributed by atoms with Crippen LogP contribution in [-0.2, 0) is 19.6 Å². The molecule has 0 aromatic heterocycles. The Morgan fingerprint density at radius 3 is 2.28 bits per heavy atom. The van der Waals surface area contributed by atoms with E-state index in [-0.39, 0.29) is 29.8 Å². The number of nitrogens with one attached hydrogen (secondary N) is 1. The van der Waals surface area contributed by atoms with Gasteiger partial charge in [-0.05, 0) is 54.4 Å². The Balaban J connectivity index is 1.85. The summed E-state index contributed by atoms with van der Waals surface area (Å²) in [5.74, 6) is -0.833. The Kier molecular flexibility index (Phi) is 8.43. The molecule has 9 heteroatoms. The molecule has 0 aliphatic carbocycles. The van der Waals surface area contributed by atoms with Crippen LogP contribution >= 0.6 is 11.6 Å². The van der Waals surface area contributed by atoms with E-state index < -0.39 is 22.0 Å². The van der Waals surface area contributed by atoms with E-state index in [1.165, 1.54) is 48.5 Å². The monoisotopic (exact) mass is 443 g/mol. The third-order valence-corrected chi connectivity index (χ3v) is 5.65. The fourth-order valence-electron chi connectivity index (χ4n) is 2.35. The van der Waals surface area contributed by atoms with Gasteiger partial charge in [-0.1, -0.05) is 25.4 Å². The van der Waals surface area contributed by atoms with Gasteiger partial charge in [-0.2, -0.15) is 4.72 Å². The first-order valence-electron chi connectivity index (χ1n) is 9.02. The Labute approximate surface area is 175 Å². The second-order valence-electron chi connectivity index (χ2n) is 6.62. The summed E-state index contributed by atoms with van der Waals surface area (Å²) in [6.07, 6.45) is 0.401. The maximum atomic E-state index is 12.8. The van der Waals surface area contributed by atoms with Gasteiger partial charge in [0, 0.05) is 11.4 Å². The molecule has 0 bridgehead atoms. The third-order valence-electron chi connectivity index (χ3n) is 3.94. The summed E-state index contributed by atoms with van der Waals surface area (Å²) in [7, 11) is -3.91. The highest BCUT2D eigenvalue weighted by Gasteiger charge is 2.29. The number of hydrogen-bond acceptors (Lipinski definition) is 5. The smallest absolute Gasteiger partial charge is 0.324 e. The van der Waals surface area contributed by atoms with E-state index in [0.29, 0.717) is 17.2 Å². The summed E-state index contributed by atoms with van der Waals surface area (Å²) < 4.78 is 50.9. The topological polar surface area (TPSA) is 81.7 Å². The molecular formula is C20H23ClFNO5S. The van der Waals surface area contributed by atoms with Crippen molar-refractivity contribution in [2.24, 2.45) is 5.92 Å². The highest BCUT2D eigenvalue weighted by atomic mass is 35.5. The SMILES string of the molecule is CC(C)[C@@H](NS(=O)(=O)c1ccc(Cl)cc1)C(=O)OCCCOc1ccc(F)cc1. The van der Waals surface area contributed by atoms with Crippen LogP contribution in [-0.4, -0.2) is 33.6 Å². The second-order valence-corrected chi connectivity index (χ2v) is 8.77. The van der Waals surface area contributed by atoms with Crippen LogP contribution < -0.4 is 9.46 Å². The van der Waals surface area contributed by atoms with Crippen molar-refractivity contribution in [3.63, 3.8) is 0 Å². The number of hydrogen-bond donors (Lipinski definition) is 1. The van der Waals surface area contributed by atoms with Crippen LogP contribution in [0.1, 0.15) is 20.3 Å². The lowest BCUT2D eigenvalue weighted by atomic mass is 10.1. The van der Waals surface area contributed by atoms with Crippen molar-refractivity contribution in [2.75, 3.05) is 13.2 Å². The Hall–Kier alpha value is -2.16. The van der Waals surface area contributed by atoms with Crippen molar-refractivity contribution in [2.45, 2.75) is 31.2 Å². The molecule has 2 aromatic rings. The summed E-state index contributed by atoms with van der Waals surface area (Å²) >= 11 is 5.78. The van der Waals surface area contributed by atoms with E-state index in [4.69, 9.17) is 21.1 Å². The summed E-state index contributed by atoms with van der Waals surface area (Å²) in [6.45, 7) is 3.76. The van der Waals surface area contributed by atoms with Gasteiger partial charge >= 0.3 is 5.97 Å². The average molecular weight is 444 g/mol. The van der Waals surface area contributed by atoms with Crippen LogP contribution in [0, 0.1) is 11.7 Å². The molecule has 0 spiro atoms. The van der Waals surface area contributed by atoms with Crippen molar-refractivity contribution in [3.8, 4) is 5.75 Å². The van der Waals surface area contributed by atoms with Crippen molar-refractivity contribution in [3.05, 3.63) is 59.4 Å². The Bertz CT molecular complexity index is 901. The molecule has 1 N–H and O–H groups in total. The summed E-state index contributed by atoms with van der Waals surface area (Å²) in [4.78, 5) is 12.4. The van der Waals surface area contributed by atoms with Gasteiger partial charge < -0.3 is 9.47 Å². The summed E-state index contributed by atoms with van der Waals surface area (Å²) in [6, 6.07) is 10.2. The standard InChI is InChI=1S/C20H23ClFNO5S/c1-14(2)19(23-29(25,26)18-10-4-15(21)5-11-18)20(24)28-13-3-12-27-17-8-6-16(22)7-9-17/h4-11,14,19,23H,3,12-13H2,1-2H3/t19-/m1/s1. The van der Waals surface area contributed by atoms with Crippen LogP contribution in [0.15, 0.2) is 53.4 Å². The van der Waals surface area contributed by atoms with E-state index in [0.717, 1.165) is 0 Å². The van der Waals surface area contributed by atoms with Crippen molar-refractivity contribution in [1.29, 1.82) is 0 Å². The first-order valence-corrected chi connectivity index (χ1v) is 10.9. The first-order chi connectivity index (χ1) is 13.7. The Morgan fingerprint density at radius 1 is 1.07 bits per heavy atom. The fourth-order valence-corrected chi connectivity index (χ4v) is 3.81. The predicted molar refractivity (Wildman–Crippen MR) is 108 cm³/mol. The molecule has 6 nitrogen and oxygen atoms in total. The maximum Gasteiger partial charge on any atom is 0.324 e. The summed E-state index contributed by atoms with van der Waals surface area (Å²) in [5.41, 5.74) is 0. The van der Waals surface area contributed by atoms with Gasteiger partial charge in [-0.3, -0.25) is 4.79 Å². The highest BCUT2D eigenvalue weighted by molar-refractivity contribution is 7.89. The number of sulfonamides is 1. The van der Waals surface area contributed by atoms with Crippen LogP contribution in [0.5, 0.6) is 5.75 Å². The van der Waals surface area contributed by atoms with Gasteiger partial charge in [0.1, 0.15) is 17.6 Å². The number of carbonyl (C=O) groups is 1. The molecule has 2 rings (SSSR count). The minimum atomic E-state index is -3.91. The lowest BCUT2D eigenvalue weighted by molar-refractivity contribution is -0.147. The molecule has 0 fully saturated rings. The minimum absolute atomic E-state index is 0.00745. The molecule has 29 heavy (non-hydrogen) atoms. The number of rotatable bonds is 10. The number of esters is 1. The summed E-state index contributed by atoms with van der Waals surface area (Å²) in [5, 5.41) is 0.409. The number of benzene rings is 2. The molecule has 0 heterocycles. The van der Waals surface area contributed by atoms with Gasteiger partial charge in [0.15, 0.2) is 0 Å². The van der Waals surface area contributed by atoms with Gasteiger partial charge in [-0.25, -0.2) is 12.8 Å². The molecule has 1 atom stereocenters. The minimum Gasteiger partial charge on any atom is -0.493 e. The number of carbonyl (C=O) groups excluding carboxylic acids is 1. The second kappa shape index (κ2) is 10.6. The molecular weight excluding hydrogens is 421 g/mol. The Morgan fingerprint density at radius 2 is 1.69 bits per heavy atom. The molecule has 0 aliphatic rings. The average Bonchev–Trinajstić information content (AvgIpc) is 2.67. The number of ether oxygens (including phenoxy) is 2. The largest absolute Gasteiger partial charge is 0.493 e. The zero-order valence-electron chi connectivity index (χ0n) is 16.1. The van der Waals surface area contributed by atoms with Gasteiger partial charge in [0.2, 0.25) is 10.0 Å². The van der Waals surface area contributed by atoms with Crippen molar-refractivity contribution in [1.82, 2.24) is 4.72 Å². The van der Waals surface area contributed by atoms with E-state index in [1.54, 1.807) is 13.8 Å². The molecule has 0 amide bonds. The first kappa shape index (κ1) is 23.1. The molecule has 0 unspecified atom stereocenters. The predicted octanol–water partition coefficient (Wildman–Crippen LogP) is 3.79. The molecule has 2 aromatic carbocycles.